The highest BCUT2D eigenvalue weighted by Crippen LogP contribution is 2.40. The second-order valence-corrected chi connectivity index (χ2v) is 13.3. The molecule has 23 heavy (non-hydrogen) atoms. The molecule has 130 valence electrons. The Morgan fingerprint density at radius 2 is 1.52 bits per heavy atom. The standard InChI is InChI=1S/C21H36OSi/c1-18(2)23(19(3)4,20(5)6)17-12-10-8-7-9-11-14-21-15-13-16-22-21/h18-21H,7-8,10,13-16H2,1-6H3. The van der Waals surface area contributed by atoms with Gasteiger partial charge >= 0.3 is 0 Å². The monoisotopic (exact) mass is 332 g/mol. The van der Waals surface area contributed by atoms with Gasteiger partial charge in [-0.2, -0.15) is 0 Å². The molecule has 0 aliphatic carbocycles. The van der Waals surface area contributed by atoms with Crippen molar-refractivity contribution >= 4 is 8.07 Å². The van der Waals surface area contributed by atoms with Crippen LogP contribution in [-0.4, -0.2) is 20.8 Å². The highest BCUT2D eigenvalue weighted by Gasteiger charge is 2.41. The topological polar surface area (TPSA) is 9.23 Å². The van der Waals surface area contributed by atoms with Crippen LogP contribution in [0.2, 0.25) is 16.6 Å². The fraction of sp³-hybridized carbons (Fsp3) is 0.810. The Labute approximate surface area is 146 Å². The maximum Gasteiger partial charge on any atom is 0.145 e. The normalized spacial score (nSPS) is 18.0. The summed E-state index contributed by atoms with van der Waals surface area (Å²) in [6, 6.07) is 0. The van der Waals surface area contributed by atoms with E-state index in [9.17, 15) is 0 Å². The van der Waals surface area contributed by atoms with Crippen LogP contribution in [0.1, 0.15) is 80.1 Å². The van der Waals surface area contributed by atoms with E-state index < -0.39 is 8.07 Å². The molecule has 2 heteroatoms. The lowest BCUT2D eigenvalue weighted by atomic mass is 10.2. The van der Waals surface area contributed by atoms with Gasteiger partial charge in [-0.3, -0.25) is 0 Å². The van der Waals surface area contributed by atoms with Gasteiger partial charge in [0, 0.05) is 25.9 Å². The lowest BCUT2D eigenvalue weighted by Gasteiger charge is -2.38. The molecule has 1 unspecified atom stereocenters. The van der Waals surface area contributed by atoms with E-state index in [1.807, 2.05) is 0 Å². The fourth-order valence-corrected chi connectivity index (χ4v) is 9.29. The van der Waals surface area contributed by atoms with Gasteiger partial charge in [-0.05, 0) is 35.9 Å². The highest BCUT2D eigenvalue weighted by atomic mass is 28.3. The molecule has 1 saturated heterocycles. The molecular weight excluding hydrogens is 296 g/mol. The van der Waals surface area contributed by atoms with Gasteiger partial charge in [-0.15, -0.1) is 23.3 Å². The Balaban J connectivity index is 2.41. The van der Waals surface area contributed by atoms with Crippen molar-refractivity contribution in [3.63, 3.8) is 0 Å². The summed E-state index contributed by atoms with van der Waals surface area (Å²) >= 11 is 0. The van der Waals surface area contributed by atoms with Gasteiger partial charge < -0.3 is 4.74 Å². The van der Waals surface area contributed by atoms with Crippen molar-refractivity contribution in [1.82, 2.24) is 0 Å². The zero-order valence-electron chi connectivity index (χ0n) is 16.2. The second kappa shape index (κ2) is 10.2. The molecule has 0 amide bonds. The van der Waals surface area contributed by atoms with E-state index in [1.165, 1.54) is 12.8 Å². The van der Waals surface area contributed by atoms with Crippen molar-refractivity contribution in [2.45, 2.75) is 103 Å². The maximum atomic E-state index is 5.58. The molecule has 0 saturated carbocycles. The van der Waals surface area contributed by atoms with Gasteiger partial charge in [0.25, 0.3) is 0 Å². The van der Waals surface area contributed by atoms with Crippen molar-refractivity contribution in [2.24, 2.45) is 0 Å². The largest absolute Gasteiger partial charge is 0.377 e. The minimum absolute atomic E-state index is 0.400. The van der Waals surface area contributed by atoms with Gasteiger partial charge in [0.2, 0.25) is 0 Å². The number of hydrogen-bond acceptors (Lipinski definition) is 1. The third-order valence-corrected chi connectivity index (χ3v) is 11.6. The Morgan fingerprint density at radius 3 is 2.04 bits per heavy atom. The molecular formula is C21H36OSi. The molecule has 1 heterocycles. The Bertz CT molecular complexity index is 428. The van der Waals surface area contributed by atoms with Crippen molar-refractivity contribution < 1.29 is 4.74 Å². The molecule has 0 bridgehead atoms. The summed E-state index contributed by atoms with van der Waals surface area (Å²) < 4.78 is 5.58. The average molecular weight is 333 g/mol. The lowest BCUT2D eigenvalue weighted by Crippen LogP contribution is -2.43. The summed E-state index contributed by atoms with van der Waals surface area (Å²) in [5.41, 5.74) is 5.96. The van der Waals surface area contributed by atoms with Crippen molar-refractivity contribution in [3.8, 4) is 23.3 Å². The lowest BCUT2D eigenvalue weighted by molar-refractivity contribution is 0.115. The second-order valence-electron chi connectivity index (χ2n) is 7.75. The van der Waals surface area contributed by atoms with Crippen LogP contribution in [0.4, 0.5) is 0 Å². The maximum absolute atomic E-state index is 5.58. The van der Waals surface area contributed by atoms with E-state index in [1.54, 1.807) is 0 Å². The van der Waals surface area contributed by atoms with E-state index in [0.717, 1.165) is 48.9 Å². The molecule has 1 fully saturated rings. The molecule has 0 aromatic heterocycles. The van der Waals surface area contributed by atoms with Crippen molar-refractivity contribution in [1.29, 1.82) is 0 Å². The molecule has 1 atom stereocenters. The van der Waals surface area contributed by atoms with Crippen LogP contribution in [0, 0.1) is 23.3 Å². The summed E-state index contributed by atoms with van der Waals surface area (Å²) in [6.07, 6.45) is 6.77. The zero-order valence-corrected chi connectivity index (χ0v) is 17.2. The molecule has 1 rings (SSSR count). The quantitative estimate of drug-likeness (QED) is 0.332. The molecule has 0 N–H and O–H groups in total. The van der Waals surface area contributed by atoms with Crippen LogP contribution in [-0.2, 0) is 4.74 Å². The predicted octanol–water partition coefficient (Wildman–Crippen LogP) is 5.95. The highest BCUT2D eigenvalue weighted by molar-refractivity contribution is 6.90. The summed E-state index contributed by atoms with van der Waals surface area (Å²) in [5, 5.41) is 0. The van der Waals surface area contributed by atoms with Gasteiger partial charge in [0.1, 0.15) is 8.07 Å². The van der Waals surface area contributed by atoms with E-state index in [4.69, 9.17) is 4.74 Å². The first-order chi connectivity index (χ1) is 10.9. The zero-order chi connectivity index (χ0) is 17.3. The van der Waals surface area contributed by atoms with E-state index in [2.05, 4.69) is 64.8 Å². The summed E-state index contributed by atoms with van der Waals surface area (Å²) in [5.74, 6) is 10.1. The number of ether oxygens (including phenoxy) is 1. The van der Waals surface area contributed by atoms with Gasteiger partial charge in [-0.25, -0.2) is 0 Å². The molecule has 0 spiro atoms. The van der Waals surface area contributed by atoms with E-state index >= 15 is 0 Å². The first kappa shape index (κ1) is 20.3. The van der Waals surface area contributed by atoms with Crippen LogP contribution in [0.5, 0.6) is 0 Å². The number of rotatable bonds is 6. The minimum atomic E-state index is -1.53. The van der Waals surface area contributed by atoms with Gasteiger partial charge in [0.15, 0.2) is 0 Å². The molecule has 0 aromatic carbocycles. The minimum Gasteiger partial charge on any atom is -0.377 e. The third kappa shape index (κ3) is 6.02. The SMILES string of the molecule is CC(C)[Si](C#CCCCC#CCC1CCCO1)(C(C)C)C(C)C. The molecule has 1 aliphatic rings. The third-order valence-electron chi connectivity index (χ3n) is 5.25. The van der Waals surface area contributed by atoms with Crippen LogP contribution < -0.4 is 0 Å². The first-order valence-corrected chi connectivity index (χ1v) is 11.7. The Hall–Kier alpha value is -0.703. The van der Waals surface area contributed by atoms with Crippen LogP contribution in [0.25, 0.3) is 0 Å². The number of hydrogen-bond donors (Lipinski definition) is 0. The average Bonchev–Trinajstić information content (AvgIpc) is 2.97. The van der Waals surface area contributed by atoms with E-state index in [0.29, 0.717) is 6.10 Å². The van der Waals surface area contributed by atoms with E-state index in [-0.39, 0.29) is 0 Å². The Kier molecular flexibility index (Phi) is 9.04. The first-order valence-electron chi connectivity index (χ1n) is 9.48. The summed E-state index contributed by atoms with van der Waals surface area (Å²) in [6.45, 7) is 15.2. The van der Waals surface area contributed by atoms with Gasteiger partial charge in [-0.1, -0.05) is 41.5 Å². The summed E-state index contributed by atoms with van der Waals surface area (Å²) in [7, 11) is -1.53. The Morgan fingerprint density at radius 1 is 0.913 bits per heavy atom. The fourth-order valence-electron chi connectivity index (χ4n) is 3.99. The molecule has 0 radical (unpaired) electrons. The van der Waals surface area contributed by atoms with Crippen molar-refractivity contribution in [2.75, 3.05) is 6.61 Å². The molecule has 0 aromatic rings. The smallest absolute Gasteiger partial charge is 0.145 e. The van der Waals surface area contributed by atoms with Crippen molar-refractivity contribution in [3.05, 3.63) is 0 Å². The van der Waals surface area contributed by atoms with Crippen LogP contribution in [0.15, 0.2) is 0 Å². The van der Waals surface area contributed by atoms with Crippen LogP contribution >= 0.6 is 0 Å². The summed E-state index contributed by atoms with van der Waals surface area (Å²) in [4.78, 5) is 0. The molecule has 1 nitrogen and oxygen atoms in total. The predicted molar refractivity (Wildman–Crippen MR) is 104 cm³/mol. The number of unbranched alkanes of at least 4 members (excludes halogenated alkanes) is 2. The van der Waals surface area contributed by atoms with Crippen LogP contribution in [0.3, 0.4) is 0 Å². The van der Waals surface area contributed by atoms with Gasteiger partial charge in [0.05, 0.1) is 6.10 Å². The molecule has 1 aliphatic heterocycles.